The van der Waals surface area contributed by atoms with Crippen molar-refractivity contribution in [1.82, 2.24) is 4.90 Å². The SMILES string of the molecule is CC1CCc2sc(C(=O)N3CCC(N)CC3)cc2C1. The molecule has 0 saturated carbocycles. The average molecular weight is 278 g/mol. The summed E-state index contributed by atoms with van der Waals surface area (Å²) in [6.07, 6.45) is 5.44. The number of likely N-dealkylation sites (tertiary alicyclic amines) is 1. The molecular formula is C15H22N2OS. The maximum atomic E-state index is 12.5. The summed E-state index contributed by atoms with van der Waals surface area (Å²) >= 11 is 1.72. The van der Waals surface area contributed by atoms with Gasteiger partial charge in [-0.3, -0.25) is 4.79 Å². The number of carbonyl (C=O) groups excluding carboxylic acids is 1. The first-order valence-corrected chi connectivity index (χ1v) is 8.11. The Morgan fingerprint density at radius 3 is 2.84 bits per heavy atom. The number of piperidine rings is 1. The van der Waals surface area contributed by atoms with Gasteiger partial charge in [0.1, 0.15) is 0 Å². The number of amides is 1. The Balaban J connectivity index is 1.74. The third-order valence-electron chi connectivity index (χ3n) is 4.37. The lowest BCUT2D eigenvalue weighted by molar-refractivity contribution is 0.0719. The molecule has 1 amide bonds. The minimum absolute atomic E-state index is 0.221. The first kappa shape index (κ1) is 13.1. The molecule has 3 nitrogen and oxygen atoms in total. The quantitative estimate of drug-likeness (QED) is 0.857. The number of nitrogens with zero attached hydrogens (tertiary/aromatic N) is 1. The van der Waals surface area contributed by atoms with Gasteiger partial charge in [-0.1, -0.05) is 6.92 Å². The summed E-state index contributed by atoms with van der Waals surface area (Å²) in [6.45, 7) is 3.94. The molecule has 1 aromatic rings. The van der Waals surface area contributed by atoms with E-state index in [-0.39, 0.29) is 11.9 Å². The van der Waals surface area contributed by atoms with Gasteiger partial charge in [-0.2, -0.15) is 0 Å². The summed E-state index contributed by atoms with van der Waals surface area (Å²) in [5.41, 5.74) is 7.31. The summed E-state index contributed by atoms with van der Waals surface area (Å²) in [4.78, 5) is 16.9. The first-order chi connectivity index (χ1) is 9.13. The molecular weight excluding hydrogens is 256 g/mol. The highest BCUT2D eigenvalue weighted by molar-refractivity contribution is 7.14. The molecule has 2 heterocycles. The van der Waals surface area contributed by atoms with Crippen LogP contribution in [0.2, 0.25) is 0 Å². The summed E-state index contributed by atoms with van der Waals surface area (Å²) in [5, 5.41) is 0. The molecule has 1 aliphatic heterocycles. The monoisotopic (exact) mass is 278 g/mol. The van der Waals surface area contributed by atoms with Crippen molar-refractivity contribution < 1.29 is 4.79 Å². The zero-order valence-electron chi connectivity index (χ0n) is 11.5. The second kappa shape index (κ2) is 5.25. The molecule has 0 spiro atoms. The van der Waals surface area contributed by atoms with Crippen LogP contribution < -0.4 is 5.73 Å². The van der Waals surface area contributed by atoms with Crippen molar-refractivity contribution in [2.75, 3.05) is 13.1 Å². The van der Waals surface area contributed by atoms with Gasteiger partial charge < -0.3 is 10.6 Å². The molecule has 1 saturated heterocycles. The topological polar surface area (TPSA) is 46.3 Å². The summed E-state index contributed by atoms with van der Waals surface area (Å²) in [6, 6.07) is 2.42. The molecule has 1 fully saturated rings. The number of hydrogen-bond acceptors (Lipinski definition) is 3. The number of nitrogens with two attached hydrogens (primary N) is 1. The fourth-order valence-corrected chi connectivity index (χ4v) is 4.25. The number of fused-ring (bicyclic) bond motifs is 1. The van der Waals surface area contributed by atoms with E-state index in [0.717, 1.165) is 49.6 Å². The van der Waals surface area contributed by atoms with Gasteiger partial charge in [0.15, 0.2) is 0 Å². The second-order valence-electron chi connectivity index (χ2n) is 6.04. The highest BCUT2D eigenvalue weighted by Gasteiger charge is 2.25. The van der Waals surface area contributed by atoms with Crippen LogP contribution in [0.25, 0.3) is 0 Å². The second-order valence-corrected chi connectivity index (χ2v) is 7.17. The maximum Gasteiger partial charge on any atom is 0.263 e. The van der Waals surface area contributed by atoms with Crippen LogP contribution in [0.15, 0.2) is 6.07 Å². The molecule has 19 heavy (non-hydrogen) atoms. The number of carbonyl (C=O) groups is 1. The zero-order chi connectivity index (χ0) is 13.4. The fourth-order valence-electron chi connectivity index (χ4n) is 3.07. The van der Waals surface area contributed by atoms with E-state index < -0.39 is 0 Å². The molecule has 0 radical (unpaired) electrons. The molecule has 2 N–H and O–H groups in total. The number of thiophene rings is 1. The minimum Gasteiger partial charge on any atom is -0.338 e. The van der Waals surface area contributed by atoms with E-state index in [0.29, 0.717) is 0 Å². The van der Waals surface area contributed by atoms with Crippen LogP contribution >= 0.6 is 11.3 Å². The van der Waals surface area contributed by atoms with E-state index in [2.05, 4.69) is 13.0 Å². The zero-order valence-corrected chi connectivity index (χ0v) is 12.3. The molecule has 1 aromatic heterocycles. The van der Waals surface area contributed by atoms with Crippen LogP contribution in [0.3, 0.4) is 0 Å². The molecule has 3 rings (SSSR count). The number of rotatable bonds is 1. The molecule has 2 aliphatic rings. The lowest BCUT2D eigenvalue weighted by Gasteiger charge is -2.29. The molecule has 1 aliphatic carbocycles. The van der Waals surface area contributed by atoms with Crippen molar-refractivity contribution in [3.8, 4) is 0 Å². The van der Waals surface area contributed by atoms with Crippen molar-refractivity contribution >= 4 is 17.2 Å². The van der Waals surface area contributed by atoms with Crippen molar-refractivity contribution in [2.45, 2.75) is 45.1 Å². The van der Waals surface area contributed by atoms with Gasteiger partial charge in [-0.25, -0.2) is 0 Å². The minimum atomic E-state index is 0.221. The van der Waals surface area contributed by atoms with Crippen molar-refractivity contribution in [1.29, 1.82) is 0 Å². The summed E-state index contributed by atoms with van der Waals surface area (Å²) in [5.74, 6) is 0.983. The Morgan fingerprint density at radius 2 is 2.11 bits per heavy atom. The van der Waals surface area contributed by atoms with Gasteiger partial charge in [-0.15, -0.1) is 11.3 Å². The number of hydrogen-bond donors (Lipinski definition) is 1. The lowest BCUT2D eigenvalue weighted by atomic mass is 9.90. The molecule has 0 aromatic carbocycles. The van der Waals surface area contributed by atoms with E-state index in [4.69, 9.17) is 5.73 Å². The van der Waals surface area contributed by atoms with Gasteiger partial charge in [0.05, 0.1) is 4.88 Å². The highest BCUT2D eigenvalue weighted by Crippen LogP contribution is 2.33. The van der Waals surface area contributed by atoms with Crippen LogP contribution in [0.4, 0.5) is 0 Å². The van der Waals surface area contributed by atoms with Crippen molar-refractivity contribution in [3.63, 3.8) is 0 Å². The predicted molar refractivity (Wildman–Crippen MR) is 78.6 cm³/mol. The molecule has 104 valence electrons. The lowest BCUT2D eigenvalue weighted by Crippen LogP contribution is -2.42. The van der Waals surface area contributed by atoms with Gasteiger partial charge in [-0.05, 0) is 49.7 Å². The molecule has 0 bridgehead atoms. The van der Waals surface area contributed by atoms with Crippen LogP contribution in [0.1, 0.15) is 46.3 Å². The number of aryl methyl sites for hydroxylation is 1. The smallest absolute Gasteiger partial charge is 0.263 e. The normalized spacial score (nSPS) is 24.3. The van der Waals surface area contributed by atoms with Gasteiger partial charge >= 0.3 is 0 Å². The fraction of sp³-hybridized carbons (Fsp3) is 0.667. The van der Waals surface area contributed by atoms with Gasteiger partial charge in [0, 0.05) is 24.0 Å². The van der Waals surface area contributed by atoms with Crippen molar-refractivity contribution in [2.24, 2.45) is 11.7 Å². The van der Waals surface area contributed by atoms with Crippen LogP contribution in [-0.4, -0.2) is 29.9 Å². The molecule has 4 heteroatoms. The van der Waals surface area contributed by atoms with Crippen LogP contribution in [0, 0.1) is 5.92 Å². The van der Waals surface area contributed by atoms with E-state index in [1.165, 1.54) is 16.9 Å². The molecule has 1 atom stereocenters. The van der Waals surface area contributed by atoms with Crippen LogP contribution in [-0.2, 0) is 12.8 Å². The standard InChI is InChI=1S/C15H22N2OS/c1-10-2-3-13-11(8-10)9-14(19-13)15(18)17-6-4-12(16)5-7-17/h9-10,12H,2-8,16H2,1H3. The van der Waals surface area contributed by atoms with Crippen LogP contribution in [0.5, 0.6) is 0 Å². The Bertz CT molecular complexity index is 474. The third kappa shape index (κ3) is 2.70. The maximum absolute atomic E-state index is 12.5. The van der Waals surface area contributed by atoms with E-state index in [1.807, 2.05) is 4.90 Å². The van der Waals surface area contributed by atoms with Crippen molar-refractivity contribution in [3.05, 3.63) is 21.4 Å². The van der Waals surface area contributed by atoms with E-state index in [9.17, 15) is 4.79 Å². The highest BCUT2D eigenvalue weighted by atomic mass is 32.1. The van der Waals surface area contributed by atoms with E-state index in [1.54, 1.807) is 11.3 Å². The van der Waals surface area contributed by atoms with Gasteiger partial charge in [0.2, 0.25) is 0 Å². The Kier molecular flexibility index (Phi) is 3.63. The predicted octanol–water partition coefficient (Wildman–Crippen LogP) is 2.44. The molecule has 1 unspecified atom stereocenters. The summed E-state index contributed by atoms with van der Waals surface area (Å²) < 4.78 is 0. The third-order valence-corrected chi connectivity index (χ3v) is 5.59. The Morgan fingerprint density at radius 1 is 1.37 bits per heavy atom. The van der Waals surface area contributed by atoms with E-state index >= 15 is 0 Å². The van der Waals surface area contributed by atoms with Gasteiger partial charge in [0.25, 0.3) is 5.91 Å². The Hall–Kier alpha value is -0.870. The largest absolute Gasteiger partial charge is 0.338 e. The summed E-state index contributed by atoms with van der Waals surface area (Å²) in [7, 11) is 0. The first-order valence-electron chi connectivity index (χ1n) is 7.30. The average Bonchev–Trinajstić information content (AvgIpc) is 2.81. The Labute approximate surface area is 118 Å².